The Morgan fingerprint density at radius 3 is 2.45 bits per heavy atom. The third kappa shape index (κ3) is 3.09. The average Bonchev–Trinajstić information content (AvgIpc) is 2.49. The maximum Gasteiger partial charge on any atom is 0.127 e. The Labute approximate surface area is 122 Å². The van der Waals surface area contributed by atoms with Crippen molar-refractivity contribution in [2.75, 3.05) is 14.2 Å². The average molecular weight is 277 g/mol. The molecule has 1 aromatic rings. The molecule has 0 unspecified atom stereocenters. The summed E-state index contributed by atoms with van der Waals surface area (Å²) in [6.45, 7) is 2.26. The molecule has 112 valence electrons. The van der Waals surface area contributed by atoms with Gasteiger partial charge in [-0.1, -0.05) is 19.8 Å². The molecule has 0 bridgehead atoms. The third-order valence-corrected chi connectivity index (χ3v) is 4.64. The van der Waals surface area contributed by atoms with E-state index in [1.807, 2.05) is 12.1 Å². The normalized spacial score (nSPS) is 26.3. The largest absolute Gasteiger partial charge is 0.497 e. The van der Waals surface area contributed by atoms with Gasteiger partial charge in [0.25, 0.3) is 0 Å². The van der Waals surface area contributed by atoms with Gasteiger partial charge in [-0.05, 0) is 43.7 Å². The first-order valence-electron chi connectivity index (χ1n) is 7.64. The molecule has 1 aliphatic carbocycles. The van der Waals surface area contributed by atoms with E-state index in [2.05, 4.69) is 13.0 Å². The van der Waals surface area contributed by atoms with Crippen molar-refractivity contribution >= 4 is 0 Å². The Kier molecular flexibility index (Phi) is 4.92. The van der Waals surface area contributed by atoms with E-state index in [1.165, 1.54) is 25.7 Å². The first kappa shape index (κ1) is 15.2. The van der Waals surface area contributed by atoms with E-state index >= 15 is 0 Å². The molecule has 1 fully saturated rings. The first-order chi connectivity index (χ1) is 9.62. The summed E-state index contributed by atoms with van der Waals surface area (Å²) < 4.78 is 10.8. The summed E-state index contributed by atoms with van der Waals surface area (Å²) in [6.07, 6.45) is 7.13. The zero-order chi connectivity index (χ0) is 14.6. The van der Waals surface area contributed by atoms with Crippen LogP contribution in [0.15, 0.2) is 18.2 Å². The van der Waals surface area contributed by atoms with Gasteiger partial charge in [0.1, 0.15) is 11.5 Å². The van der Waals surface area contributed by atoms with E-state index in [0.29, 0.717) is 0 Å². The van der Waals surface area contributed by atoms with Gasteiger partial charge in [0.15, 0.2) is 0 Å². The van der Waals surface area contributed by atoms with E-state index in [1.54, 1.807) is 14.2 Å². The number of benzene rings is 1. The predicted molar refractivity (Wildman–Crippen MR) is 82.3 cm³/mol. The SMILES string of the molecule is CCCC1CCC(N)(c2ccc(OC)cc2OC)CC1. The number of methoxy groups -OCH3 is 2. The lowest BCUT2D eigenvalue weighted by Crippen LogP contribution is -2.40. The van der Waals surface area contributed by atoms with Crippen LogP contribution in [0.2, 0.25) is 0 Å². The van der Waals surface area contributed by atoms with Gasteiger partial charge >= 0.3 is 0 Å². The molecule has 0 heterocycles. The second-order valence-electron chi connectivity index (χ2n) is 5.95. The van der Waals surface area contributed by atoms with Crippen molar-refractivity contribution in [2.45, 2.75) is 51.0 Å². The van der Waals surface area contributed by atoms with E-state index in [4.69, 9.17) is 15.2 Å². The van der Waals surface area contributed by atoms with Gasteiger partial charge in [-0.25, -0.2) is 0 Å². The minimum absolute atomic E-state index is 0.248. The van der Waals surface area contributed by atoms with Gasteiger partial charge in [-0.15, -0.1) is 0 Å². The molecule has 0 aliphatic heterocycles. The quantitative estimate of drug-likeness (QED) is 0.889. The van der Waals surface area contributed by atoms with Crippen LogP contribution in [0.3, 0.4) is 0 Å². The van der Waals surface area contributed by atoms with E-state index in [0.717, 1.165) is 35.8 Å². The Balaban J connectivity index is 2.18. The molecule has 2 rings (SSSR count). The second-order valence-corrected chi connectivity index (χ2v) is 5.95. The Hall–Kier alpha value is -1.22. The molecule has 1 aromatic carbocycles. The number of ether oxygens (including phenoxy) is 2. The highest BCUT2D eigenvalue weighted by Crippen LogP contribution is 2.43. The molecule has 1 aliphatic rings. The minimum Gasteiger partial charge on any atom is -0.497 e. The van der Waals surface area contributed by atoms with Crippen molar-refractivity contribution in [1.82, 2.24) is 0 Å². The van der Waals surface area contributed by atoms with Crippen LogP contribution < -0.4 is 15.2 Å². The Morgan fingerprint density at radius 1 is 1.20 bits per heavy atom. The standard InChI is InChI=1S/C17H27NO2/c1-4-5-13-8-10-17(18,11-9-13)15-7-6-14(19-2)12-16(15)20-3/h6-7,12-13H,4-5,8-11,18H2,1-3H3. The van der Waals surface area contributed by atoms with Crippen molar-refractivity contribution in [3.63, 3.8) is 0 Å². The zero-order valence-electron chi connectivity index (χ0n) is 12.9. The first-order valence-corrected chi connectivity index (χ1v) is 7.64. The molecule has 3 heteroatoms. The zero-order valence-corrected chi connectivity index (χ0v) is 12.9. The van der Waals surface area contributed by atoms with Crippen molar-refractivity contribution in [3.05, 3.63) is 23.8 Å². The molecule has 0 saturated heterocycles. The molecule has 0 radical (unpaired) electrons. The Morgan fingerprint density at radius 2 is 1.90 bits per heavy atom. The van der Waals surface area contributed by atoms with Crippen LogP contribution in [-0.2, 0) is 5.54 Å². The van der Waals surface area contributed by atoms with Crippen molar-refractivity contribution in [1.29, 1.82) is 0 Å². The highest BCUT2D eigenvalue weighted by atomic mass is 16.5. The van der Waals surface area contributed by atoms with E-state index in [-0.39, 0.29) is 5.54 Å². The highest BCUT2D eigenvalue weighted by molar-refractivity contribution is 5.44. The van der Waals surface area contributed by atoms with Crippen LogP contribution in [0, 0.1) is 5.92 Å². The summed E-state index contributed by atoms with van der Waals surface area (Å²) in [5.74, 6) is 2.51. The number of nitrogens with two attached hydrogens (primary N) is 1. The van der Waals surface area contributed by atoms with Crippen LogP contribution in [0.1, 0.15) is 51.0 Å². The van der Waals surface area contributed by atoms with E-state index < -0.39 is 0 Å². The highest BCUT2D eigenvalue weighted by Gasteiger charge is 2.35. The molecule has 20 heavy (non-hydrogen) atoms. The predicted octanol–water partition coefficient (Wildman–Crippen LogP) is 3.85. The summed E-state index contributed by atoms with van der Waals surface area (Å²) in [4.78, 5) is 0. The molecule has 3 nitrogen and oxygen atoms in total. The van der Waals surface area contributed by atoms with Crippen LogP contribution in [0.5, 0.6) is 11.5 Å². The fraction of sp³-hybridized carbons (Fsp3) is 0.647. The number of rotatable bonds is 5. The third-order valence-electron chi connectivity index (χ3n) is 4.64. The fourth-order valence-corrected chi connectivity index (χ4v) is 3.37. The molecular formula is C17H27NO2. The molecule has 0 aromatic heterocycles. The topological polar surface area (TPSA) is 44.5 Å². The smallest absolute Gasteiger partial charge is 0.127 e. The molecule has 0 atom stereocenters. The molecule has 0 spiro atoms. The molecule has 2 N–H and O–H groups in total. The number of hydrogen-bond acceptors (Lipinski definition) is 3. The van der Waals surface area contributed by atoms with Crippen LogP contribution in [-0.4, -0.2) is 14.2 Å². The lowest BCUT2D eigenvalue weighted by molar-refractivity contribution is 0.221. The summed E-state index contributed by atoms with van der Waals surface area (Å²) in [7, 11) is 3.37. The minimum atomic E-state index is -0.248. The summed E-state index contributed by atoms with van der Waals surface area (Å²) in [6, 6.07) is 5.98. The van der Waals surface area contributed by atoms with Crippen molar-refractivity contribution in [3.8, 4) is 11.5 Å². The van der Waals surface area contributed by atoms with Crippen LogP contribution >= 0.6 is 0 Å². The van der Waals surface area contributed by atoms with Gasteiger partial charge in [-0.3, -0.25) is 0 Å². The van der Waals surface area contributed by atoms with Crippen molar-refractivity contribution in [2.24, 2.45) is 11.7 Å². The van der Waals surface area contributed by atoms with Crippen LogP contribution in [0.25, 0.3) is 0 Å². The molecule has 1 saturated carbocycles. The lowest BCUT2D eigenvalue weighted by Gasteiger charge is -2.38. The number of hydrogen-bond donors (Lipinski definition) is 1. The summed E-state index contributed by atoms with van der Waals surface area (Å²) in [5, 5.41) is 0. The summed E-state index contributed by atoms with van der Waals surface area (Å²) in [5.41, 5.74) is 7.56. The summed E-state index contributed by atoms with van der Waals surface area (Å²) >= 11 is 0. The molecule has 0 amide bonds. The van der Waals surface area contributed by atoms with Gasteiger partial charge < -0.3 is 15.2 Å². The van der Waals surface area contributed by atoms with Crippen LogP contribution in [0.4, 0.5) is 0 Å². The maximum absolute atomic E-state index is 6.69. The second kappa shape index (κ2) is 6.49. The Bertz CT molecular complexity index is 437. The van der Waals surface area contributed by atoms with Gasteiger partial charge in [0.05, 0.1) is 14.2 Å². The van der Waals surface area contributed by atoms with E-state index in [9.17, 15) is 0 Å². The maximum atomic E-state index is 6.69. The molecular weight excluding hydrogens is 250 g/mol. The fourth-order valence-electron chi connectivity index (χ4n) is 3.37. The van der Waals surface area contributed by atoms with Crippen molar-refractivity contribution < 1.29 is 9.47 Å². The van der Waals surface area contributed by atoms with Gasteiger partial charge in [0.2, 0.25) is 0 Å². The monoisotopic (exact) mass is 277 g/mol. The van der Waals surface area contributed by atoms with Gasteiger partial charge in [-0.2, -0.15) is 0 Å². The lowest BCUT2D eigenvalue weighted by atomic mass is 9.72. The van der Waals surface area contributed by atoms with Gasteiger partial charge in [0, 0.05) is 17.2 Å².